The van der Waals surface area contributed by atoms with Crippen molar-refractivity contribution in [1.29, 1.82) is 0 Å². The summed E-state index contributed by atoms with van der Waals surface area (Å²) in [6.07, 6.45) is 1.29. The summed E-state index contributed by atoms with van der Waals surface area (Å²) >= 11 is 1.54. The third-order valence-electron chi connectivity index (χ3n) is 1.95. The maximum absolute atomic E-state index is 11.3. The van der Waals surface area contributed by atoms with Crippen molar-refractivity contribution in [2.75, 3.05) is 19.1 Å². The van der Waals surface area contributed by atoms with E-state index in [0.717, 1.165) is 0 Å². The normalized spacial score (nSPS) is 15.5. The first kappa shape index (κ1) is 12.8. The number of methoxy groups -OCH3 is 1. The maximum atomic E-state index is 11.3. The van der Waals surface area contributed by atoms with Gasteiger partial charge >= 0.3 is 5.97 Å². The summed E-state index contributed by atoms with van der Waals surface area (Å²) in [7, 11) is 1.35. The van der Waals surface area contributed by atoms with Gasteiger partial charge in [-0.3, -0.25) is 4.79 Å². The van der Waals surface area contributed by atoms with Gasteiger partial charge in [-0.2, -0.15) is 11.8 Å². The van der Waals surface area contributed by atoms with E-state index in [1.807, 2.05) is 20.1 Å². The summed E-state index contributed by atoms with van der Waals surface area (Å²) in [5.74, 6) is -0.0433. The second-order valence-corrected chi connectivity index (χ2v) is 4.23. The van der Waals surface area contributed by atoms with E-state index < -0.39 is 12.0 Å². The molecule has 78 valence electrons. The molecule has 0 spiro atoms. The molecule has 0 rings (SSSR count). The monoisotopic (exact) mass is 206 g/mol. The quantitative estimate of drug-likeness (QED) is 0.686. The molecule has 0 aromatic rings. The van der Waals surface area contributed by atoms with Crippen LogP contribution in [0.5, 0.6) is 0 Å². The molecule has 0 saturated carbocycles. The molecule has 3 nitrogen and oxygen atoms in total. The van der Waals surface area contributed by atoms with Crippen molar-refractivity contribution < 1.29 is 14.6 Å². The zero-order chi connectivity index (χ0) is 10.4. The number of aliphatic hydroxyl groups excluding tert-OH is 1. The topological polar surface area (TPSA) is 46.5 Å². The zero-order valence-electron chi connectivity index (χ0n) is 8.61. The summed E-state index contributed by atoms with van der Waals surface area (Å²) < 4.78 is 4.62. The summed E-state index contributed by atoms with van der Waals surface area (Å²) in [6, 6.07) is 0. The first-order chi connectivity index (χ1) is 6.04. The van der Waals surface area contributed by atoms with Gasteiger partial charge in [0.1, 0.15) is 0 Å². The minimum atomic E-state index is -0.611. The number of ether oxygens (including phenoxy) is 1. The van der Waals surface area contributed by atoms with Crippen LogP contribution in [-0.4, -0.2) is 36.3 Å². The SMILES string of the molecule is COC(=O)C(CSC)C(O)C(C)C. The molecule has 4 heteroatoms. The van der Waals surface area contributed by atoms with Crippen LogP contribution in [0.3, 0.4) is 0 Å². The first-order valence-corrected chi connectivity index (χ1v) is 5.68. The Kier molecular flexibility index (Phi) is 6.16. The third-order valence-corrected chi connectivity index (χ3v) is 2.64. The Bertz CT molecular complexity index is 159. The summed E-state index contributed by atoms with van der Waals surface area (Å²) in [4.78, 5) is 11.3. The van der Waals surface area contributed by atoms with Gasteiger partial charge in [-0.25, -0.2) is 0 Å². The maximum Gasteiger partial charge on any atom is 0.312 e. The fraction of sp³-hybridized carbons (Fsp3) is 0.889. The Morgan fingerprint density at radius 3 is 2.38 bits per heavy atom. The van der Waals surface area contributed by atoms with Crippen molar-refractivity contribution in [3.8, 4) is 0 Å². The van der Waals surface area contributed by atoms with E-state index in [9.17, 15) is 9.90 Å². The number of hydrogen-bond donors (Lipinski definition) is 1. The summed E-state index contributed by atoms with van der Waals surface area (Å²) in [5.41, 5.74) is 0. The van der Waals surface area contributed by atoms with Crippen LogP contribution < -0.4 is 0 Å². The van der Waals surface area contributed by atoms with E-state index >= 15 is 0 Å². The third kappa shape index (κ3) is 4.00. The van der Waals surface area contributed by atoms with E-state index in [4.69, 9.17) is 0 Å². The van der Waals surface area contributed by atoms with Crippen LogP contribution in [0.1, 0.15) is 13.8 Å². The highest BCUT2D eigenvalue weighted by Crippen LogP contribution is 2.18. The van der Waals surface area contributed by atoms with Crippen LogP contribution in [0.15, 0.2) is 0 Å². The molecule has 0 amide bonds. The standard InChI is InChI=1S/C9H18O3S/c1-6(2)8(10)7(5-13-4)9(11)12-3/h6-8,10H,5H2,1-4H3. The molecule has 0 saturated heterocycles. The van der Waals surface area contributed by atoms with E-state index in [1.54, 1.807) is 0 Å². The molecule has 0 aliphatic carbocycles. The van der Waals surface area contributed by atoms with E-state index in [1.165, 1.54) is 18.9 Å². The van der Waals surface area contributed by atoms with Gasteiger partial charge < -0.3 is 9.84 Å². The Morgan fingerprint density at radius 1 is 1.54 bits per heavy atom. The molecule has 0 bridgehead atoms. The molecule has 2 atom stereocenters. The van der Waals surface area contributed by atoms with Crippen LogP contribution in [0, 0.1) is 11.8 Å². The highest BCUT2D eigenvalue weighted by molar-refractivity contribution is 7.98. The minimum Gasteiger partial charge on any atom is -0.469 e. The molecule has 0 aromatic carbocycles. The van der Waals surface area contributed by atoms with Crippen molar-refractivity contribution in [3.63, 3.8) is 0 Å². The Balaban J connectivity index is 4.31. The van der Waals surface area contributed by atoms with Gasteiger partial charge in [0.2, 0.25) is 0 Å². The highest BCUT2D eigenvalue weighted by atomic mass is 32.2. The molecule has 13 heavy (non-hydrogen) atoms. The lowest BCUT2D eigenvalue weighted by molar-refractivity contribution is -0.149. The van der Waals surface area contributed by atoms with E-state index in [-0.39, 0.29) is 11.9 Å². The molecule has 2 unspecified atom stereocenters. The predicted molar refractivity (Wildman–Crippen MR) is 54.7 cm³/mol. The number of rotatable bonds is 5. The smallest absolute Gasteiger partial charge is 0.312 e. The lowest BCUT2D eigenvalue weighted by atomic mass is 9.95. The molecule has 0 aliphatic heterocycles. The van der Waals surface area contributed by atoms with E-state index in [2.05, 4.69) is 4.74 Å². The second kappa shape index (κ2) is 6.27. The van der Waals surface area contributed by atoms with Gasteiger partial charge in [0.05, 0.1) is 19.1 Å². The van der Waals surface area contributed by atoms with Gasteiger partial charge in [0.25, 0.3) is 0 Å². The average molecular weight is 206 g/mol. The summed E-state index contributed by atoms with van der Waals surface area (Å²) in [5, 5.41) is 9.70. The van der Waals surface area contributed by atoms with Crippen LogP contribution >= 0.6 is 11.8 Å². The number of carbonyl (C=O) groups is 1. The lowest BCUT2D eigenvalue weighted by Crippen LogP contribution is -2.34. The molecular weight excluding hydrogens is 188 g/mol. The molecule has 0 radical (unpaired) electrons. The highest BCUT2D eigenvalue weighted by Gasteiger charge is 2.29. The summed E-state index contributed by atoms with van der Waals surface area (Å²) in [6.45, 7) is 3.78. The first-order valence-electron chi connectivity index (χ1n) is 4.29. The van der Waals surface area contributed by atoms with Gasteiger partial charge in [-0.15, -0.1) is 0 Å². The number of thioether (sulfide) groups is 1. The van der Waals surface area contributed by atoms with Crippen LogP contribution in [0.4, 0.5) is 0 Å². The average Bonchev–Trinajstić information content (AvgIpc) is 2.11. The minimum absolute atomic E-state index is 0.0799. The number of aliphatic hydroxyl groups is 1. The molecular formula is C9H18O3S. The van der Waals surface area contributed by atoms with Crippen LogP contribution in [0.2, 0.25) is 0 Å². The molecule has 1 N–H and O–H groups in total. The molecule has 0 aliphatic rings. The Hall–Kier alpha value is -0.220. The van der Waals surface area contributed by atoms with Crippen molar-refractivity contribution in [2.24, 2.45) is 11.8 Å². The van der Waals surface area contributed by atoms with Gasteiger partial charge in [0.15, 0.2) is 0 Å². The van der Waals surface area contributed by atoms with Crippen molar-refractivity contribution in [1.82, 2.24) is 0 Å². The van der Waals surface area contributed by atoms with Crippen molar-refractivity contribution in [3.05, 3.63) is 0 Å². The zero-order valence-corrected chi connectivity index (χ0v) is 9.43. The van der Waals surface area contributed by atoms with Crippen molar-refractivity contribution >= 4 is 17.7 Å². The van der Waals surface area contributed by atoms with Gasteiger partial charge in [-0.05, 0) is 12.2 Å². The number of carbonyl (C=O) groups excluding carboxylic acids is 1. The molecule has 0 heterocycles. The fourth-order valence-corrected chi connectivity index (χ4v) is 1.79. The largest absolute Gasteiger partial charge is 0.469 e. The lowest BCUT2D eigenvalue weighted by Gasteiger charge is -2.22. The van der Waals surface area contributed by atoms with Crippen LogP contribution in [-0.2, 0) is 9.53 Å². The van der Waals surface area contributed by atoms with E-state index in [0.29, 0.717) is 5.75 Å². The van der Waals surface area contributed by atoms with Crippen molar-refractivity contribution in [2.45, 2.75) is 20.0 Å². The van der Waals surface area contributed by atoms with Gasteiger partial charge in [0, 0.05) is 5.75 Å². The predicted octanol–water partition coefficient (Wildman–Crippen LogP) is 1.16. The molecule has 0 aromatic heterocycles. The second-order valence-electron chi connectivity index (χ2n) is 3.32. The van der Waals surface area contributed by atoms with Crippen LogP contribution in [0.25, 0.3) is 0 Å². The number of esters is 1. The number of hydrogen-bond acceptors (Lipinski definition) is 4. The fourth-order valence-electron chi connectivity index (χ4n) is 1.10. The van der Waals surface area contributed by atoms with Gasteiger partial charge in [-0.1, -0.05) is 13.8 Å². The Labute approximate surface area is 83.9 Å². The molecule has 0 fully saturated rings. The Morgan fingerprint density at radius 2 is 2.08 bits per heavy atom.